The first-order valence-corrected chi connectivity index (χ1v) is 11.7. The van der Waals surface area contributed by atoms with Crippen LogP contribution in [-0.4, -0.2) is 0 Å². The van der Waals surface area contributed by atoms with Gasteiger partial charge in [-0.15, -0.1) is 0 Å². The molecule has 0 heterocycles. The molecule has 0 aliphatic heterocycles. The van der Waals surface area contributed by atoms with E-state index in [1.54, 1.807) is 11.6 Å². The topological polar surface area (TPSA) is 23.8 Å². The van der Waals surface area contributed by atoms with Crippen LogP contribution in [0.15, 0.2) is 36.2 Å². The number of allylic oxidation sites excluding steroid dienone is 5. The molecule has 2 fully saturated rings. The Kier molecular flexibility index (Phi) is 10.6. The fourth-order valence-electron chi connectivity index (χ4n) is 5.28. The van der Waals surface area contributed by atoms with E-state index in [0.29, 0.717) is 0 Å². The minimum atomic E-state index is -0.717. The molecule has 0 saturated heterocycles. The maximum atomic E-state index is 12.7. The fraction of sp³-hybridized carbons (Fsp3) is 0.731. The lowest BCUT2D eigenvalue weighted by atomic mass is 9.70. The van der Waals surface area contributed by atoms with E-state index in [-0.39, 0.29) is 0 Å². The van der Waals surface area contributed by atoms with Crippen LogP contribution in [0.2, 0.25) is 0 Å². The van der Waals surface area contributed by atoms with Crippen molar-refractivity contribution in [1.29, 1.82) is 5.26 Å². The number of hydrogen-bond donors (Lipinski definition) is 0. The Balaban J connectivity index is 1.62. The first kappa shape index (κ1) is 22.9. The number of nitrogens with zero attached hydrogens (tertiary/aromatic N) is 1. The maximum Gasteiger partial charge on any atom is 0.199 e. The molecule has 0 amide bonds. The Morgan fingerprint density at radius 3 is 2.07 bits per heavy atom. The van der Waals surface area contributed by atoms with Crippen molar-refractivity contribution in [2.75, 3.05) is 0 Å². The van der Waals surface area contributed by atoms with Gasteiger partial charge in [0.25, 0.3) is 0 Å². The van der Waals surface area contributed by atoms with E-state index in [0.717, 1.165) is 30.1 Å². The Morgan fingerprint density at radius 2 is 1.54 bits per heavy atom. The van der Waals surface area contributed by atoms with Gasteiger partial charge in [-0.3, -0.25) is 0 Å². The molecule has 156 valence electrons. The monoisotopic (exact) mass is 385 g/mol. The number of unbranched alkanes of at least 4 members (excludes halogenated alkanes) is 2. The average molecular weight is 386 g/mol. The minimum absolute atomic E-state index is 0.717. The molecule has 0 radical (unpaired) electrons. The van der Waals surface area contributed by atoms with Gasteiger partial charge in [0.1, 0.15) is 6.07 Å². The van der Waals surface area contributed by atoms with Crippen molar-refractivity contribution in [1.82, 2.24) is 0 Å². The highest BCUT2D eigenvalue weighted by atomic mass is 19.1. The maximum absolute atomic E-state index is 12.7. The summed E-state index contributed by atoms with van der Waals surface area (Å²) in [4.78, 5) is 0. The fourth-order valence-corrected chi connectivity index (χ4v) is 5.28. The van der Waals surface area contributed by atoms with Crippen molar-refractivity contribution in [3.8, 4) is 6.07 Å². The predicted molar refractivity (Wildman–Crippen MR) is 117 cm³/mol. The summed E-state index contributed by atoms with van der Waals surface area (Å²) < 4.78 is 12.7. The van der Waals surface area contributed by atoms with Crippen molar-refractivity contribution in [3.63, 3.8) is 0 Å². The molecule has 0 unspecified atom stereocenters. The van der Waals surface area contributed by atoms with E-state index in [9.17, 15) is 4.39 Å². The Hall–Kier alpha value is -1.36. The van der Waals surface area contributed by atoms with Gasteiger partial charge >= 0.3 is 0 Å². The summed E-state index contributed by atoms with van der Waals surface area (Å²) in [6.45, 7) is 6.85. The summed E-state index contributed by atoms with van der Waals surface area (Å²) in [7, 11) is 0. The molecule has 0 aromatic carbocycles. The Labute approximate surface area is 172 Å². The number of rotatable bonds is 10. The molecule has 1 nitrogen and oxygen atoms in total. The molecule has 2 saturated carbocycles. The highest BCUT2D eigenvalue weighted by Crippen LogP contribution is 2.42. The lowest BCUT2D eigenvalue weighted by molar-refractivity contribution is 0.239. The Morgan fingerprint density at radius 1 is 0.964 bits per heavy atom. The SMILES string of the molecule is C=C([C@H]1CC[C@H](CC/C=C/C=C(\F)C#N)CC1)[C@H]1CC[C@H](CCCCC)CC1. The van der Waals surface area contributed by atoms with Gasteiger partial charge in [-0.05, 0) is 94.0 Å². The first-order chi connectivity index (χ1) is 13.6. The van der Waals surface area contributed by atoms with Gasteiger partial charge in [0.05, 0.1) is 0 Å². The summed E-state index contributed by atoms with van der Waals surface area (Å²) >= 11 is 0. The van der Waals surface area contributed by atoms with E-state index in [2.05, 4.69) is 13.5 Å². The molecule has 2 aliphatic carbocycles. The second-order valence-electron chi connectivity index (χ2n) is 9.14. The number of halogens is 1. The zero-order chi connectivity index (χ0) is 20.2. The molecule has 2 aliphatic rings. The van der Waals surface area contributed by atoms with Crippen LogP contribution in [0, 0.1) is 35.0 Å². The van der Waals surface area contributed by atoms with Crippen LogP contribution in [0.25, 0.3) is 0 Å². The summed E-state index contributed by atoms with van der Waals surface area (Å²) in [6.07, 6.45) is 23.5. The van der Waals surface area contributed by atoms with Crippen LogP contribution in [0.5, 0.6) is 0 Å². The standard InChI is InChI=1S/C26H40FN/c1-3-4-6-9-22-12-16-24(17-13-22)21(2)25-18-14-23(15-19-25)10-7-5-8-11-26(27)20-28/h5,8,11,22-25H,2-4,6-7,9-10,12-19H2,1H3/b8-5+,26-11-/t22-,23-,24-,25-. The van der Waals surface area contributed by atoms with Crippen LogP contribution < -0.4 is 0 Å². The van der Waals surface area contributed by atoms with Crippen LogP contribution in [0.4, 0.5) is 4.39 Å². The molecule has 0 atom stereocenters. The van der Waals surface area contributed by atoms with Gasteiger partial charge in [0.2, 0.25) is 0 Å². The highest BCUT2D eigenvalue weighted by Gasteiger charge is 2.29. The molecule has 28 heavy (non-hydrogen) atoms. The summed E-state index contributed by atoms with van der Waals surface area (Å²) in [5.41, 5.74) is 1.57. The molecule has 2 rings (SSSR count). The van der Waals surface area contributed by atoms with Crippen LogP contribution >= 0.6 is 0 Å². The van der Waals surface area contributed by atoms with Crippen molar-refractivity contribution in [3.05, 3.63) is 36.2 Å². The number of nitriles is 1. The third kappa shape index (κ3) is 7.94. The first-order valence-electron chi connectivity index (χ1n) is 11.7. The zero-order valence-corrected chi connectivity index (χ0v) is 18.0. The lowest BCUT2D eigenvalue weighted by Crippen LogP contribution is -2.23. The van der Waals surface area contributed by atoms with Crippen molar-refractivity contribution in [2.45, 2.75) is 96.8 Å². The average Bonchev–Trinajstić information content (AvgIpc) is 2.74. The number of hydrogen-bond acceptors (Lipinski definition) is 1. The van der Waals surface area contributed by atoms with Crippen LogP contribution in [0.3, 0.4) is 0 Å². The summed E-state index contributed by atoms with van der Waals surface area (Å²) in [6, 6.07) is 1.50. The minimum Gasteiger partial charge on any atom is -0.195 e. The van der Waals surface area contributed by atoms with Gasteiger partial charge in [0.15, 0.2) is 5.83 Å². The molecule has 2 heteroatoms. The molecular formula is C26H40FN. The second-order valence-corrected chi connectivity index (χ2v) is 9.14. The molecule has 0 spiro atoms. The van der Waals surface area contributed by atoms with E-state index < -0.39 is 5.83 Å². The van der Waals surface area contributed by atoms with Crippen molar-refractivity contribution < 1.29 is 4.39 Å². The third-order valence-electron chi connectivity index (χ3n) is 7.19. The lowest BCUT2D eigenvalue weighted by Gasteiger charge is -2.36. The smallest absolute Gasteiger partial charge is 0.195 e. The van der Waals surface area contributed by atoms with Gasteiger partial charge < -0.3 is 0 Å². The molecule has 0 aromatic heterocycles. The third-order valence-corrected chi connectivity index (χ3v) is 7.19. The predicted octanol–water partition coefficient (Wildman–Crippen LogP) is 8.45. The van der Waals surface area contributed by atoms with E-state index in [1.807, 2.05) is 6.08 Å². The molecule has 0 aromatic rings. The highest BCUT2D eigenvalue weighted by molar-refractivity contribution is 5.18. The molecule has 0 bridgehead atoms. The van der Waals surface area contributed by atoms with E-state index >= 15 is 0 Å². The molecule has 0 N–H and O–H groups in total. The Bertz CT molecular complexity index is 551. The van der Waals surface area contributed by atoms with E-state index in [4.69, 9.17) is 5.26 Å². The zero-order valence-electron chi connectivity index (χ0n) is 18.0. The van der Waals surface area contributed by atoms with Gasteiger partial charge in [-0.25, -0.2) is 0 Å². The largest absolute Gasteiger partial charge is 0.199 e. The van der Waals surface area contributed by atoms with Gasteiger partial charge in [0, 0.05) is 0 Å². The molecular weight excluding hydrogens is 345 g/mol. The second kappa shape index (κ2) is 13.0. The van der Waals surface area contributed by atoms with Gasteiger partial charge in [-0.2, -0.15) is 9.65 Å². The quantitative estimate of drug-likeness (QED) is 0.160. The van der Waals surface area contributed by atoms with Crippen molar-refractivity contribution >= 4 is 0 Å². The van der Waals surface area contributed by atoms with Crippen molar-refractivity contribution in [2.24, 2.45) is 23.7 Å². The van der Waals surface area contributed by atoms with Crippen LogP contribution in [-0.2, 0) is 0 Å². The summed E-state index contributed by atoms with van der Waals surface area (Å²) in [5.74, 6) is 2.60. The van der Waals surface area contributed by atoms with Gasteiger partial charge in [-0.1, -0.05) is 56.9 Å². The normalized spacial score (nSPS) is 29.0. The summed E-state index contributed by atoms with van der Waals surface area (Å²) in [5, 5.41) is 8.38. The van der Waals surface area contributed by atoms with E-state index in [1.165, 1.54) is 95.6 Å². The van der Waals surface area contributed by atoms with Crippen LogP contribution in [0.1, 0.15) is 96.8 Å².